The van der Waals surface area contributed by atoms with Crippen LogP contribution in [0.4, 0.5) is 0 Å². The lowest BCUT2D eigenvalue weighted by molar-refractivity contribution is 0.0462. The van der Waals surface area contributed by atoms with Gasteiger partial charge < -0.3 is 4.74 Å². The van der Waals surface area contributed by atoms with Crippen molar-refractivity contribution in [3.05, 3.63) is 101 Å². The molecular formula is C25H21N3O3. The number of benzene rings is 3. The predicted octanol–water partition coefficient (Wildman–Crippen LogP) is 4.59. The zero-order chi connectivity index (χ0) is 21.8. The van der Waals surface area contributed by atoms with Crippen molar-refractivity contribution in [3.8, 4) is 17.1 Å². The van der Waals surface area contributed by atoms with E-state index in [1.54, 1.807) is 28.9 Å². The highest BCUT2D eigenvalue weighted by Gasteiger charge is 2.21. The average Bonchev–Trinajstić information content (AvgIpc) is 3.26. The number of ketones is 1. The van der Waals surface area contributed by atoms with Crippen LogP contribution in [0, 0.1) is 13.8 Å². The van der Waals surface area contributed by atoms with Gasteiger partial charge in [0.15, 0.2) is 18.2 Å². The number of rotatable bonds is 6. The number of carbonyl (C=O) groups is 2. The summed E-state index contributed by atoms with van der Waals surface area (Å²) >= 11 is 0. The fourth-order valence-corrected chi connectivity index (χ4v) is 3.11. The number of hydrogen-bond donors (Lipinski definition) is 0. The van der Waals surface area contributed by atoms with Gasteiger partial charge in [-0.1, -0.05) is 66.7 Å². The maximum Gasteiger partial charge on any atom is 0.378 e. The third-order valence-electron chi connectivity index (χ3n) is 4.99. The van der Waals surface area contributed by atoms with E-state index in [0.29, 0.717) is 11.4 Å². The van der Waals surface area contributed by atoms with Gasteiger partial charge in [0, 0.05) is 11.1 Å². The summed E-state index contributed by atoms with van der Waals surface area (Å²) in [5.74, 6) is -0.613. The van der Waals surface area contributed by atoms with Crippen molar-refractivity contribution in [1.29, 1.82) is 0 Å². The Kier molecular flexibility index (Phi) is 5.71. The van der Waals surface area contributed by atoms with Gasteiger partial charge in [-0.25, -0.2) is 14.5 Å². The number of hydrogen-bond acceptors (Lipinski definition) is 5. The van der Waals surface area contributed by atoms with Crippen LogP contribution in [-0.4, -0.2) is 33.1 Å². The molecule has 154 valence electrons. The van der Waals surface area contributed by atoms with Crippen LogP contribution in [0.2, 0.25) is 0 Å². The second-order valence-corrected chi connectivity index (χ2v) is 7.17. The molecule has 0 saturated heterocycles. The lowest BCUT2D eigenvalue weighted by atomic mass is 10.1. The molecule has 1 aromatic heterocycles. The van der Waals surface area contributed by atoms with Crippen molar-refractivity contribution < 1.29 is 14.3 Å². The quantitative estimate of drug-likeness (QED) is 0.343. The van der Waals surface area contributed by atoms with E-state index in [2.05, 4.69) is 10.1 Å². The minimum Gasteiger partial charge on any atom is -0.451 e. The van der Waals surface area contributed by atoms with Crippen LogP contribution in [-0.2, 0) is 4.74 Å². The van der Waals surface area contributed by atoms with Gasteiger partial charge in [-0.05, 0) is 37.1 Å². The fourth-order valence-electron chi connectivity index (χ4n) is 3.11. The topological polar surface area (TPSA) is 74.1 Å². The molecule has 0 aliphatic heterocycles. The molecule has 0 aliphatic rings. The highest BCUT2D eigenvalue weighted by atomic mass is 16.5. The first-order valence-electron chi connectivity index (χ1n) is 9.88. The summed E-state index contributed by atoms with van der Waals surface area (Å²) in [6, 6.07) is 24.1. The summed E-state index contributed by atoms with van der Waals surface area (Å²) in [5.41, 5.74) is 4.34. The van der Waals surface area contributed by atoms with E-state index in [0.717, 1.165) is 22.4 Å². The molecule has 0 amide bonds. The van der Waals surface area contributed by atoms with E-state index < -0.39 is 5.97 Å². The lowest BCUT2D eigenvalue weighted by Crippen LogP contribution is -2.15. The smallest absolute Gasteiger partial charge is 0.378 e. The Labute approximate surface area is 180 Å². The molecule has 0 saturated carbocycles. The zero-order valence-electron chi connectivity index (χ0n) is 17.3. The Morgan fingerprint density at radius 2 is 1.55 bits per heavy atom. The first-order chi connectivity index (χ1) is 15.0. The highest BCUT2D eigenvalue weighted by Crippen LogP contribution is 2.23. The molecule has 0 atom stereocenters. The normalized spacial score (nSPS) is 10.6. The Morgan fingerprint density at radius 3 is 2.23 bits per heavy atom. The van der Waals surface area contributed by atoms with E-state index in [-0.39, 0.29) is 18.2 Å². The van der Waals surface area contributed by atoms with Gasteiger partial charge in [-0.3, -0.25) is 4.79 Å². The van der Waals surface area contributed by atoms with Gasteiger partial charge in [-0.2, -0.15) is 0 Å². The number of Topliss-reactive ketones (excluding diaryl/α,β-unsaturated/α-hetero) is 1. The molecule has 6 nitrogen and oxygen atoms in total. The third-order valence-corrected chi connectivity index (χ3v) is 4.99. The molecular weight excluding hydrogens is 390 g/mol. The van der Waals surface area contributed by atoms with Crippen LogP contribution < -0.4 is 0 Å². The summed E-state index contributed by atoms with van der Waals surface area (Å²) in [4.78, 5) is 29.3. The maximum atomic E-state index is 12.6. The van der Waals surface area contributed by atoms with Crippen LogP contribution in [0.5, 0.6) is 0 Å². The lowest BCUT2D eigenvalue weighted by Gasteiger charge is -2.08. The van der Waals surface area contributed by atoms with Gasteiger partial charge in [0.25, 0.3) is 5.82 Å². The van der Waals surface area contributed by atoms with E-state index in [1.807, 2.05) is 68.4 Å². The molecule has 4 aromatic rings. The second kappa shape index (κ2) is 8.75. The van der Waals surface area contributed by atoms with Crippen molar-refractivity contribution >= 4 is 11.8 Å². The minimum atomic E-state index is -0.746. The van der Waals surface area contributed by atoms with Crippen molar-refractivity contribution in [2.45, 2.75) is 13.8 Å². The van der Waals surface area contributed by atoms with E-state index in [4.69, 9.17) is 4.74 Å². The molecule has 0 bridgehead atoms. The number of aryl methyl sites for hydroxylation is 2. The number of carbonyl (C=O) groups excluding carboxylic acids is 2. The molecule has 0 aliphatic carbocycles. The number of nitrogens with zero attached hydrogens (tertiary/aromatic N) is 3. The first kappa shape index (κ1) is 20.2. The maximum absolute atomic E-state index is 12.6. The molecule has 0 N–H and O–H groups in total. The average molecular weight is 411 g/mol. The molecule has 0 unspecified atom stereocenters. The standard InChI is InChI=1S/C25H21N3O3/c1-17-13-14-21(15-18(17)2)28-24(20-11-7-4-8-12-20)26-23(27-28)25(30)31-16-22(29)19-9-5-3-6-10-19/h3-15H,16H2,1-2H3. The largest absolute Gasteiger partial charge is 0.451 e. The first-order valence-corrected chi connectivity index (χ1v) is 9.88. The van der Waals surface area contributed by atoms with Gasteiger partial charge in [-0.15, -0.1) is 5.10 Å². The Bertz CT molecular complexity index is 1230. The number of ether oxygens (including phenoxy) is 1. The van der Waals surface area contributed by atoms with Crippen molar-refractivity contribution in [1.82, 2.24) is 14.8 Å². The van der Waals surface area contributed by atoms with Gasteiger partial charge in [0.1, 0.15) is 0 Å². The van der Waals surface area contributed by atoms with Crippen molar-refractivity contribution in [3.63, 3.8) is 0 Å². The SMILES string of the molecule is Cc1ccc(-n2nc(C(=O)OCC(=O)c3ccccc3)nc2-c2ccccc2)cc1C. The summed E-state index contributed by atoms with van der Waals surface area (Å²) < 4.78 is 6.82. The van der Waals surface area contributed by atoms with Crippen LogP contribution in [0.25, 0.3) is 17.1 Å². The second-order valence-electron chi connectivity index (χ2n) is 7.17. The zero-order valence-corrected chi connectivity index (χ0v) is 17.3. The number of aromatic nitrogens is 3. The highest BCUT2D eigenvalue weighted by molar-refractivity contribution is 5.98. The van der Waals surface area contributed by atoms with Crippen LogP contribution >= 0.6 is 0 Å². The Balaban J connectivity index is 1.64. The molecule has 0 spiro atoms. The van der Waals surface area contributed by atoms with E-state index in [9.17, 15) is 9.59 Å². The summed E-state index contributed by atoms with van der Waals surface area (Å²) in [5, 5.41) is 4.40. The fraction of sp³-hybridized carbons (Fsp3) is 0.120. The van der Waals surface area contributed by atoms with Crippen molar-refractivity contribution in [2.24, 2.45) is 0 Å². The third kappa shape index (κ3) is 4.43. The Morgan fingerprint density at radius 1 is 0.871 bits per heavy atom. The van der Waals surface area contributed by atoms with Gasteiger partial charge in [0.2, 0.25) is 0 Å². The van der Waals surface area contributed by atoms with Gasteiger partial charge >= 0.3 is 5.97 Å². The van der Waals surface area contributed by atoms with Gasteiger partial charge in [0.05, 0.1) is 5.69 Å². The van der Waals surface area contributed by atoms with Crippen LogP contribution in [0.15, 0.2) is 78.9 Å². The molecule has 31 heavy (non-hydrogen) atoms. The van der Waals surface area contributed by atoms with Crippen molar-refractivity contribution in [2.75, 3.05) is 6.61 Å². The molecule has 3 aromatic carbocycles. The molecule has 4 rings (SSSR count). The van der Waals surface area contributed by atoms with Crippen LogP contribution in [0.3, 0.4) is 0 Å². The minimum absolute atomic E-state index is 0.0991. The predicted molar refractivity (Wildman–Crippen MR) is 117 cm³/mol. The monoisotopic (exact) mass is 411 g/mol. The van der Waals surface area contributed by atoms with E-state index in [1.165, 1.54) is 0 Å². The van der Waals surface area contributed by atoms with Crippen LogP contribution in [0.1, 0.15) is 32.1 Å². The molecule has 1 heterocycles. The summed E-state index contributed by atoms with van der Waals surface area (Å²) in [6.45, 7) is 3.68. The Hall–Kier alpha value is -4.06. The summed E-state index contributed by atoms with van der Waals surface area (Å²) in [6.07, 6.45) is 0. The number of esters is 1. The van der Waals surface area contributed by atoms with E-state index >= 15 is 0 Å². The molecule has 0 radical (unpaired) electrons. The molecule has 0 fully saturated rings. The summed E-state index contributed by atoms with van der Waals surface area (Å²) in [7, 11) is 0. The molecule has 6 heteroatoms.